The van der Waals surface area contributed by atoms with Crippen LogP contribution < -0.4 is 0 Å². The van der Waals surface area contributed by atoms with Gasteiger partial charge in [0.15, 0.2) is 0 Å². The quantitative estimate of drug-likeness (QED) is 0.776. The Labute approximate surface area is 141 Å². The molecular formula is C17H17BrF3NO. The van der Waals surface area contributed by atoms with Crippen LogP contribution in [-0.2, 0) is 6.54 Å². The molecule has 6 heteroatoms. The van der Waals surface area contributed by atoms with Crippen molar-refractivity contribution in [2.75, 3.05) is 13.1 Å². The van der Waals surface area contributed by atoms with Crippen LogP contribution in [-0.4, -0.2) is 29.3 Å². The highest BCUT2D eigenvalue weighted by atomic mass is 79.9. The topological polar surface area (TPSA) is 23.5 Å². The molecule has 1 aliphatic heterocycles. The van der Waals surface area contributed by atoms with Gasteiger partial charge in [-0.05, 0) is 48.4 Å². The predicted molar refractivity (Wildman–Crippen MR) is 87.4 cm³/mol. The number of nitrogens with zero attached hydrogens (tertiary/aromatic N) is 1. The first-order valence-corrected chi connectivity index (χ1v) is 8.33. The first-order chi connectivity index (χ1) is 10.8. The van der Waals surface area contributed by atoms with Crippen LogP contribution in [0.1, 0.15) is 18.4 Å². The minimum atomic E-state index is -4.15. The van der Waals surface area contributed by atoms with Crippen molar-refractivity contribution in [2.24, 2.45) is 5.92 Å². The molecule has 1 fully saturated rings. The van der Waals surface area contributed by atoms with E-state index in [-0.39, 0.29) is 18.7 Å². The molecule has 0 aliphatic carbocycles. The van der Waals surface area contributed by atoms with Gasteiger partial charge in [0.05, 0.1) is 5.92 Å². The van der Waals surface area contributed by atoms with Gasteiger partial charge >= 0.3 is 6.18 Å². The first-order valence-electron chi connectivity index (χ1n) is 7.54. The second-order valence-electron chi connectivity index (χ2n) is 6.04. The van der Waals surface area contributed by atoms with Crippen LogP contribution in [0.3, 0.4) is 0 Å². The van der Waals surface area contributed by atoms with E-state index < -0.39 is 12.1 Å². The third-order valence-electron chi connectivity index (χ3n) is 4.42. The SMILES string of the molecule is Oc1ccc2cc(Br)ccc2c1CN1CCCC(C(F)(F)F)C1. The van der Waals surface area contributed by atoms with Crippen LogP contribution in [0.15, 0.2) is 34.8 Å². The molecule has 1 unspecified atom stereocenters. The summed E-state index contributed by atoms with van der Waals surface area (Å²) in [6.45, 7) is 0.951. The number of halogens is 4. The fourth-order valence-corrected chi connectivity index (χ4v) is 3.59. The van der Waals surface area contributed by atoms with Crippen molar-refractivity contribution in [3.05, 3.63) is 40.4 Å². The van der Waals surface area contributed by atoms with Crippen LogP contribution in [0.25, 0.3) is 10.8 Å². The van der Waals surface area contributed by atoms with Crippen molar-refractivity contribution in [2.45, 2.75) is 25.6 Å². The maximum atomic E-state index is 12.9. The molecule has 1 aliphatic rings. The van der Waals surface area contributed by atoms with Gasteiger partial charge in [-0.25, -0.2) is 0 Å². The van der Waals surface area contributed by atoms with E-state index in [0.29, 0.717) is 25.1 Å². The lowest BCUT2D eigenvalue weighted by atomic mass is 9.96. The molecule has 1 saturated heterocycles. The molecule has 3 rings (SSSR count). The minimum Gasteiger partial charge on any atom is -0.508 e. The lowest BCUT2D eigenvalue weighted by molar-refractivity contribution is -0.187. The Morgan fingerprint density at radius 3 is 2.74 bits per heavy atom. The standard InChI is InChI=1S/C17H17BrF3NO/c18-13-4-5-14-11(8-13)3-6-16(23)15(14)10-22-7-1-2-12(9-22)17(19,20)21/h3-6,8,12,23H,1-2,7,9-10H2. The summed E-state index contributed by atoms with van der Waals surface area (Å²) >= 11 is 3.41. The molecule has 0 radical (unpaired) electrons. The molecule has 0 amide bonds. The summed E-state index contributed by atoms with van der Waals surface area (Å²) < 4.78 is 39.8. The van der Waals surface area contributed by atoms with Crippen molar-refractivity contribution in [3.8, 4) is 5.75 Å². The average Bonchev–Trinajstić information content (AvgIpc) is 2.49. The van der Waals surface area contributed by atoms with E-state index in [4.69, 9.17) is 0 Å². The molecule has 0 aromatic heterocycles. The number of rotatable bonds is 2. The molecule has 1 heterocycles. The van der Waals surface area contributed by atoms with E-state index in [1.807, 2.05) is 24.3 Å². The molecule has 1 atom stereocenters. The van der Waals surface area contributed by atoms with Crippen LogP contribution in [0.5, 0.6) is 5.75 Å². The van der Waals surface area contributed by atoms with Gasteiger partial charge in [0.1, 0.15) is 5.75 Å². The van der Waals surface area contributed by atoms with Gasteiger partial charge in [0.25, 0.3) is 0 Å². The monoisotopic (exact) mass is 387 g/mol. The molecule has 2 nitrogen and oxygen atoms in total. The highest BCUT2D eigenvalue weighted by Crippen LogP contribution is 2.35. The molecule has 0 bridgehead atoms. The first kappa shape index (κ1) is 16.6. The summed E-state index contributed by atoms with van der Waals surface area (Å²) in [5, 5.41) is 12.0. The zero-order chi connectivity index (χ0) is 16.6. The van der Waals surface area contributed by atoms with Crippen molar-refractivity contribution in [1.82, 2.24) is 4.90 Å². The van der Waals surface area contributed by atoms with Gasteiger partial charge < -0.3 is 5.11 Å². The number of hydrogen-bond acceptors (Lipinski definition) is 2. The van der Waals surface area contributed by atoms with Crippen LogP contribution in [0, 0.1) is 5.92 Å². The number of benzene rings is 2. The second kappa shape index (κ2) is 6.32. The van der Waals surface area contributed by atoms with Crippen LogP contribution >= 0.6 is 15.9 Å². The van der Waals surface area contributed by atoms with Gasteiger partial charge in [-0.1, -0.05) is 28.1 Å². The van der Waals surface area contributed by atoms with Gasteiger partial charge in [-0.3, -0.25) is 4.90 Å². The number of phenols is 1. The Bertz CT molecular complexity index is 717. The van der Waals surface area contributed by atoms with E-state index in [2.05, 4.69) is 15.9 Å². The van der Waals surface area contributed by atoms with E-state index >= 15 is 0 Å². The highest BCUT2D eigenvalue weighted by Gasteiger charge is 2.41. The Balaban J connectivity index is 1.88. The van der Waals surface area contributed by atoms with Crippen molar-refractivity contribution in [3.63, 3.8) is 0 Å². The zero-order valence-electron chi connectivity index (χ0n) is 12.4. The third kappa shape index (κ3) is 3.63. The molecule has 124 valence electrons. The predicted octanol–water partition coefficient (Wildman–Crippen LogP) is 5.08. The van der Waals surface area contributed by atoms with Crippen molar-refractivity contribution < 1.29 is 18.3 Å². The average molecular weight is 388 g/mol. The molecule has 1 N–H and O–H groups in total. The fraction of sp³-hybridized carbons (Fsp3) is 0.412. The maximum Gasteiger partial charge on any atom is 0.393 e. The fourth-order valence-electron chi connectivity index (χ4n) is 3.21. The van der Waals surface area contributed by atoms with Crippen molar-refractivity contribution >= 4 is 26.7 Å². The van der Waals surface area contributed by atoms with Gasteiger partial charge in [0, 0.05) is 23.1 Å². The Kier molecular flexibility index (Phi) is 4.56. The number of fused-ring (bicyclic) bond motifs is 1. The number of piperidine rings is 1. The third-order valence-corrected chi connectivity index (χ3v) is 4.91. The summed E-state index contributed by atoms with van der Waals surface area (Å²) in [6, 6.07) is 9.12. The van der Waals surface area contributed by atoms with Gasteiger partial charge in [-0.15, -0.1) is 0 Å². The second-order valence-corrected chi connectivity index (χ2v) is 6.96. The number of hydrogen-bond donors (Lipinski definition) is 1. The normalized spacial score (nSPS) is 20.1. The number of likely N-dealkylation sites (tertiary alicyclic amines) is 1. The Hall–Kier alpha value is -1.27. The lowest BCUT2D eigenvalue weighted by Crippen LogP contribution is -2.41. The summed E-state index contributed by atoms with van der Waals surface area (Å²) in [5.74, 6) is -1.14. The van der Waals surface area contributed by atoms with E-state index in [0.717, 1.165) is 15.2 Å². The van der Waals surface area contributed by atoms with E-state index in [1.165, 1.54) is 0 Å². The zero-order valence-corrected chi connectivity index (χ0v) is 14.0. The van der Waals surface area contributed by atoms with Crippen molar-refractivity contribution in [1.29, 1.82) is 0 Å². The molecule has 2 aromatic rings. The maximum absolute atomic E-state index is 12.9. The Morgan fingerprint density at radius 2 is 2.00 bits per heavy atom. The summed E-state index contributed by atoms with van der Waals surface area (Å²) in [4.78, 5) is 1.79. The van der Waals surface area contributed by atoms with Gasteiger partial charge in [0.2, 0.25) is 0 Å². The minimum absolute atomic E-state index is 0.00411. The smallest absolute Gasteiger partial charge is 0.393 e. The van der Waals surface area contributed by atoms with E-state index in [1.54, 1.807) is 11.0 Å². The number of alkyl halides is 3. The van der Waals surface area contributed by atoms with Crippen LogP contribution in [0.4, 0.5) is 13.2 Å². The molecular weight excluding hydrogens is 371 g/mol. The summed E-state index contributed by atoms with van der Waals surface area (Å²) in [5.41, 5.74) is 0.692. The largest absolute Gasteiger partial charge is 0.508 e. The molecule has 23 heavy (non-hydrogen) atoms. The molecule has 0 saturated carbocycles. The molecule has 0 spiro atoms. The number of phenolic OH excluding ortho intramolecular Hbond substituents is 1. The lowest BCUT2D eigenvalue weighted by Gasteiger charge is -2.34. The van der Waals surface area contributed by atoms with Crippen LogP contribution in [0.2, 0.25) is 0 Å². The summed E-state index contributed by atoms with van der Waals surface area (Å²) in [7, 11) is 0. The Morgan fingerprint density at radius 1 is 1.22 bits per heavy atom. The van der Waals surface area contributed by atoms with E-state index in [9.17, 15) is 18.3 Å². The highest BCUT2D eigenvalue weighted by molar-refractivity contribution is 9.10. The van der Waals surface area contributed by atoms with Gasteiger partial charge in [-0.2, -0.15) is 13.2 Å². The number of aromatic hydroxyl groups is 1. The molecule has 2 aromatic carbocycles. The summed E-state index contributed by atoms with van der Waals surface area (Å²) in [6.07, 6.45) is -3.43.